The van der Waals surface area contributed by atoms with Crippen molar-refractivity contribution in [1.29, 1.82) is 0 Å². The average Bonchev–Trinajstić information content (AvgIpc) is 2.74. The van der Waals surface area contributed by atoms with Crippen LogP contribution in [0.15, 0.2) is 78.9 Å². The number of anilines is 1. The molecule has 5 heteroatoms. The number of para-hydroxylation sites is 1. The molecule has 0 radical (unpaired) electrons. The number of phenols is 1. The molecule has 0 atom stereocenters. The molecule has 0 unspecified atom stereocenters. The maximum absolute atomic E-state index is 12.8. The first-order valence-electron chi connectivity index (χ1n) is 9.03. The Morgan fingerprint density at radius 2 is 1.69 bits per heavy atom. The molecule has 29 heavy (non-hydrogen) atoms. The van der Waals surface area contributed by atoms with Gasteiger partial charge in [-0.25, -0.2) is 0 Å². The number of carbonyl (C=O) groups is 1. The second-order valence-electron chi connectivity index (χ2n) is 6.55. The maximum atomic E-state index is 12.8. The van der Waals surface area contributed by atoms with Crippen molar-refractivity contribution in [3.63, 3.8) is 0 Å². The zero-order valence-corrected chi connectivity index (χ0v) is 16.4. The van der Waals surface area contributed by atoms with Gasteiger partial charge in [-0.05, 0) is 59.3 Å². The summed E-state index contributed by atoms with van der Waals surface area (Å²) in [7, 11) is 1.60. The molecular weight excluding hydrogens is 386 g/mol. The Balaban J connectivity index is 1.89. The largest absolute Gasteiger partial charge is 0.507 e. The van der Waals surface area contributed by atoms with Gasteiger partial charge in [0.25, 0.3) is 5.91 Å². The van der Waals surface area contributed by atoms with Gasteiger partial charge in [0.2, 0.25) is 0 Å². The third-order valence-electron chi connectivity index (χ3n) is 4.76. The highest BCUT2D eigenvalue weighted by molar-refractivity contribution is 6.30. The highest BCUT2D eigenvalue weighted by Gasteiger charge is 2.16. The van der Waals surface area contributed by atoms with E-state index in [-0.39, 0.29) is 11.7 Å². The highest BCUT2D eigenvalue weighted by Crippen LogP contribution is 2.41. The highest BCUT2D eigenvalue weighted by atomic mass is 35.5. The number of halogens is 1. The maximum Gasteiger partial charge on any atom is 0.255 e. The molecule has 0 bridgehead atoms. The fourth-order valence-corrected chi connectivity index (χ4v) is 3.43. The van der Waals surface area contributed by atoms with Crippen LogP contribution >= 0.6 is 11.6 Å². The van der Waals surface area contributed by atoms with Gasteiger partial charge in [-0.3, -0.25) is 4.79 Å². The Labute approximate surface area is 173 Å². The zero-order valence-electron chi connectivity index (χ0n) is 15.6. The fraction of sp³-hybridized carbons (Fsp3) is 0.0417. The van der Waals surface area contributed by atoms with Crippen LogP contribution in [0.4, 0.5) is 5.69 Å². The number of phenolic OH excluding ortho intramolecular Hbond substituents is 1. The van der Waals surface area contributed by atoms with Crippen molar-refractivity contribution in [2.75, 3.05) is 12.4 Å². The van der Waals surface area contributed by atoms with Crippen LogP contribution in [0.25, 0.3) is 21.9 Å². The monoisotopic (exact) mass is 403 g/mol. The molecule has 4 rings (SSSR count). The van der Waals surface area contributed by atoms with Crippen LogP contribution in [0.5, 0.6) is 11.5 Å². The number of aromatic hydroxyl groups is 1. The van der Waals surface area contributed by atoms with Crippen molar-refractivity contribution in [2.24, 2.45) is 0 Å². The summed E-state index contributed by atoms with van der Waals surface area (Å²) in [6.07, 6.45) is 0. The molecule has 0 aliphatic rings. The van der Waals surface area contributed by atoms with E-state index in [1.165, 1.54) is 0 Å². The summed E-state index contributed by atoms with van der Waals surface area (Å²) in [5.74, 6) is 0.556. The normalized spacial score (nSPS) is 10.7. The topological polar surface area (TPSA) is 58.6 Å². The fourth-order valence-electron chi connectivity index (χ4n) is 3.30. The van der Waals surface area contributed by atoms with Gasteiger partial charge in [0, 0.05) is 27.4 Å². The van der Waals surface area contributed by atoms with Crippen molar-refractivity contribution in [3.05, 3.63) is 89.4 Å². The minimum Gasteiger partial charge on any atom is -0.507 e. The van der Waals surface area contributed by atoms with Crippen LogP contribution in [-0.4, -0.2) is 18.1 Å². The number of ether oxygens (including phenoxy) is 1. The Kier molecular flexibility index (Phi) is 5.10. The van der Waals surface area contributed by atoms with Gasteiger partial charge in [-0.15, -0.1) is 0 Å². The van der Waals surface area contributed by atoms with Gasteiger partial charge in [0.05, 0.1) is 7.11 Å². The second kappa shape index (κ2) is 7.86. The summed E-state index contributed by atoms with van der Waals surface area (Å²) >= 11 is 5.92. The minimum atomic E-state index is -0.263. The van der Waals surface area contributed by atoms with Gasteiger partial charge in [0.15, 0.2) is 0 Å². The summed E-state index contributed by atoms with van der Waals surface area (Å²) < 4.78 is 5.38. The molecule has 2 N–H and O–H groups in total. The summed E-state index contributed by atoms with van der Waals surface area (Å²) in [6, 6.07) is 23.2. The molecule has 0 fully saturated rings. The molecular formula is C24H18ClNO3. The van der Waals surface area contributed by atoms with E-state index >= 15 is 0 Å². The quantitative estimate of drug-likeness (QED) is 0.431. The first-order chi connectivity index (χ1) is 14.1. The van der Waals surface area contributed by atoms with Gasteiger partial charge in [-0.2, -0.15) is 0 Å². The number of methoxy groups -OCH3 is 1. The number of amides is 1. The predicted octanol–water partition coefficient (Wildman–Crippen LogP) is 6.13. The molecule has 4 aromatic carbocycles. The second-order valence-corrected chi connectivity index (χ2v) is 6.99. The number of nitrogens with one attached hydrogen (secondary N) is 1. The lowest BCUT2D eigenvalue weighted by Gasteiger charge is -2.16. The molecule has 1 amide bonds. The summed E-state index contributed by atoms with van der Waals surface area (Å²) in [5, 5.41) is 15.9. The van der Waals surface area contributed by atoms with Crippen molar-refractivity contribution in [1.82, 2.24) is 0 Å². The smallest absolute Gasteiger partial charge is 0.255 e. The van der Waals surface area contributed by atoms with Crippen molar-refractivity contribution in [2.45, 2.75) is 0 Å². The molecule has 0 spiro atoms. The van der Waals surface area contributed by atoms with E-state index in [2.05, 4.69) is 5.32 Å². The lowest BCUT2D eigenvalue weighted by molar-refractivity contribution is 0.102. The van der Waals surface area contributed by atoms with E-state index in [0.717, 1.165) is 16.3 Å². The van der Waals surface area contributed by atoms with E-state index in [9.17, 15) is 9.90 Å². The van der Waals surface area contributed by atoms with Crippen LogP contribution in [-0.2, 0) is 0 Å². The minimum absolute atomic E-state index is 0.129. The molecule has 0 heterocycles. The molecule has 0 aliphatic carbocycles. The number of carbonyl (C=O) groups excluding carboxylic acids is 1. The number of fused-ring (bicyclic) bond motifs is 1. The van der Waals surface area contributed by atoms with Crippen LogP contribution in [0, 0.1) is 0 Å². The van der Waals surface area contributed by atoms with Crippen LogP contribution in [0.3, 0.4) is 0 Å². The van der Waals surface area contributed by atoms with E-state index in [0.29, 0.717) is 27.6 Å². The molecule has 0 aliphatic heterocycles. The van der Waals surface area contributed by atoms with E-state index in [1.807, 2.05) is 42.5 Å². The molecule has 4 nitrogen and oxygen atoms in total. The number of rotatable bonds is 4. The Hall–Kier alpha value is -3.50. The lowest BCUT2D eigenvalue weighted by atomic mass is 9.95. The average molecular weight is 404 g/mol. The Bertz CT molecular complexity index is 1200. The van der Waals surface area contributed by atoms with Crippen LogP contribution < -0.4 is 10.1 Å². The Morgan fingerprint density at radius 3 is 2.41 bits per heavy atom. The molecule has 0 aromatic heterocycles. The van der Waals surface area contributed by atoms with Crippen LogP contribution in [0.1, 0.15) is 10.4 Å². The lowest BCUT2D eigenvalue weighted by Crippen LogP contribution is -2.12. The third kappa shape index (κ3) is 3.75. The summed E-state index contributed by atoms with van der Waals surface area (Å²) in [6.45, 7) is 0. The van der Waals surface area contributed by atoms with E-state index in [4.69, 9.17) is 16.3 Å². The first-order valence-corrected chi connectivity index (χ1v) is 9.40. The van der Waals surface area contributed by atoms with Crippen molar-refractivity contribution in [3.8, 4) is 22.6 Å². The van der Waals surface area contributed by atoms with E-state index in [1.54, 1.807) is 43.5 Å². The van der Waals surface area contributed by atoms with E-state index < -0.39 is 0 Å². The number of benzene rings is 4. The summed E-state index contributed by atoms with van der Waals surface area (Å²) in [5.41, 5.74) is 2.43. The number of hydrogen-bond acceptors (Lipinski definition) is 3. The molecule has 144 valence electrons. The Morgan fingerprint density at radius 1 is 0.966 bits per heavy atom. The first kappa shape index (κ1) is 18.8. The van der Waals surface area contributed by atoms with Crippen molar-refractivity contribution >= 4 is 34.0 Å². The van der Waals surface area contributed by atoms with Gasteiger partial charge >= 0.3 is 0 Å². The zero-order chi connectivity index (χ0) is 20.4. The standard InChI is InChI=1S/C24H18ClNO3/c1-29-18-12-8-15-9-13-21(26-24(28)16-6-10-17(25)11-7-16)23(20(15)14-18)19-4-2-3-5-22(19)27/h2-14,27H,1H3,(H,26,28). The molecule has 0 saturated heterocycles. The predicted molar refractivity (Wildman–Crippen MR) is 117 cm³/mol. The SMILES string of the molecule is COc1ccc2ccc(NC(=O)c3ccc(Cl)cc3)c(-c3ccccc3O)c2c1. The van der Waals surface area contributed by atoms with Crippen molar-refractivity contribution < 1.29 is 14.6 Å². The number of hydrogen-bond donors (Lipinski definition) is 2. The van der Waals surface area contributed by atoms with Gasteiger partial charge < -0.3 is 15.2 Å². The third-order valence-corrected chi connectivity index (χ3v) is 5.01. The molecule has 4 aromatic rings. The van der Waals surface area contributed by atoms with Crippen LogP contribution in [0.2, 0.25) is 5.02 Å². The van der Waals surface area contributed by atoms with Gasteiger partial charge in [0.1, 0.15) is 11.5 Å². The molecule has 0 saturated carbocycles. The summed E-state index contributed by atoms with van der Waals surface area (Å²) in [4.78, 5) is 12.8. The van der Waals surface area contributed by atoms with Gasteiger partial charge in [-0.1, -0.05) is 41.9 Å².